The summed E-state index contributed by atoms with van der Waals surface area (Å²) in [6, 6.07) is 5.51. The minimum absolute atomic E-state index is 0.293. The predicted molar refractivity (Wildman–Crippen MR) is 111 cm³/mol. The zero-order valence-electron chi connectivity index (χ0n) is 17.2. The number of ether oxygens (including phenoxy) is 3. The number of benzene rings is 1. The second kappa shape index (κ2) is 8.82. The highest BCUT2D eigenvalue weighted by Gasteiger charge is 2.42. The molecule has 8 heteroatoms. The molecule has 1 aliphatic rings. The summed E-state index contributed by atoms with van der Waals surface area (Å²) in [5.41, 5.74) is 0.493. The van der Waals surface area contributed by atoms with Gasteiger partial charge < -0.3 is 19.5 Å². The molecule has 0 radical (unpaired) electrons. The van der Waals surface area contributed by atoms with Crippen LogP contribution in [0.1, 0.15) is 47.5 Å². The van der Waals surface area contributed by atoms with E-state index in [4.69, 9.17) is 14.2 Å². The Morgan fingerprint density at radius 1 is 1.07 bits per heavy atom. The largest absolute Gasteiger partial charge is 0.493 e. The molecule has 0 unspecified atom stereocenters. The van der Waals surface area contributed by atoms with E-state index in [1.54, 1.807) is 27.2 Å². The van der Waals surface area contributed by atoms with Crippen LogP contribution in [0.2, 0.25) is 0 Å². The number of thiazole rings is 1. The molecule has 156 valence electrons. The number of aromatic nitrogens is 1. The van der Waals surface area contributed by atoms with E-state index >= 15 is 0 Å². The lowest BCUT2D eigenvalue weighted by molar-refractivity contribution is -0.149. The molecule has 1 amide bonds. The van der Waals surface area contributed by atoms with Gasteiger partial charge in [-0.25, -0.2) is 9.78 Å². The van der Waals surface area contributed by atoms with Crippen LogP contribution in [0.25, 0.3) is 10.6 Å². The highest BCUT2D eigenvalue weighted by atomic mass is 32.1. The number of hydrogen-bond acceptors (Lipinski definition) is 7. The molecule has 0 spiro atoms. The van der Waals surface area contributed by atoms with E-state index in [0.29, 0.717) is 39.9 Å². The predicted octanol–water partition coefficient (Wildman–Crippen LogP) is 3.74. The maximum atomic E-state index is 13.0. The lowest BCUT2D eigenvalue weighted by atomic mass is 9.81. The number of amides is 1. The zero-order valence-corrected chi connectivity index (χ0v) is 18.0. The summed E-state index contributed by atoms with van der Waals surface area (Å²) in [7, 11) is 4.51. The van der Waals surface area contributed by atoms with Crippen LogP contribution >= 0.6 is 11.3 Å². The van der Waals surface area contributed by atoms with Gasteiger partial charge in [-0.15, -0.1) is 11.3 Å². The first-order valence-corrected chi connectivity index (χ1v) is 10.4. The van der Waals surface area contributed by atoms with Gasteiger partial charge in [0, 0.05) is 5.56 Å². The van der Waals surface area contributed by atoms with E-state index < -0.39 is 5.54 Å². The summed E-state index contributed by atoms with van der Waals surface area (Å²) in [5.74, 6) is 0.544. The number of carbonyl (C=O) groups excluding carboxylic acids is 2. The van der Waals surface area contributed by atoms with Gasteiger partial charge in [0.1, 0.15) is 15.4 Å². The molecule has 0 atom stereocenters. The Labute approximate surface area is 174 Å². The van der Waals surface area contributed by atoms with Crippen molar-refractivity contribution in [1.29, 1.82) is 0 Å². The van der Waals surface area contributed by atoms with Crippen LogP contribution < -0.4 is 14.8 Å². The molecular formula is C21H26N2O5S. The van der Waals surface area contributed by atoms with Gasteiger partial charge in [0.15, 0.2) is 11.5 Å². The Hall–Kier alpha value is -2.61. The summed E-state index contributed by atoms with van der Waals surface area (Å²) in [4.78, 5) is 30.5. The summed E-state index contributed by atoms with van der Waals surface area (Å²) in [6.07, 6.45) is 4.00. The van der Waals surface area contributed by atoms with Crippen LogP contribution in [-0.2, 0) is 9.53 Å². The van der Waals surface area contributed by atoms with Crippen molar-refractivity contribution in [3.63, 3.8) is 0 Å². The second-order valence-electron chi connectivity index (χ2n) is 7.09. The number of esters is 1. The molecule has 1 fully saturated rings. The van der Waals surface area contributed by atoms with Crippen molar-refractivity contribution in [2.75, 3.05) is 21.3 Å². The number of methoxy groups -OCH3 is 3. The van der Waals surface area contributed by atoms with Gasteiger partial charge in [-0.3, -0.25) is 4.79 Å². The molecule has 1 aromatic carbocycles. The topological polar surface area (TPSA) is 86.8 Å². The fourth-order valence-electron chi connectivity index (χ4n) is 3.70. The fourth-order valence-corrected chi connectivity index (χ4v) is 4.66. The number of nitrogens with zero attached hydrogens (tertiary/aromatic N) is 1. The van der Waals surface area contributed by atoms with Gasteiger partial charge in [-0.2, -0.15) is 0 Å². The first-order valence-electron chi connectivity index (χ1n) is 9.55. The summed E-state index contributed by atoms with van der Waals surface area (Å²) in [5, 5.41) is 3.66. The quantitative estimate of drug-likeness (QED) is 0.719. The van der Waals surface area contributed by atoms with Gasteiger partial charge in [0.05, 0.1) is 27.0 Å². The molecule has 2 aromatic rings. The molecule has 0 bridgehead atoms. The molecule has 0 aliphatic heterocycles. The third-order valence-corrected chi connectivity index (χ3v) is 6.47. The van der Waals surface area contributed by atoms with Crippen molar-refractivity contribution in [2.24, 2.45) is 0 Å². The number of aryl methyl sites for hydroxylation is 1. The highest BCUT2D eigenvalue weighted by Crippen LogP contribution is 2.36. The fraction of sp³-hybridized carbons (Fsp3) is 0.476. The van der Waals surface area contributed by atoms with E-state index in [-0.39, 0.29) is 11.9 Å². The van der Waals surface area contributed by atoms with Crippen molar-refractivity contribution in [3.8, 4) is 22.1 Å². The minimum Gasteiger partial charge on any atom is -0.493 e. The summed E-state index contributed by atoms with van der Waals surface area (Å²) < 4.78 is 15.6. The Kier molecular flexibility index (Phi) is 6.42. The standard InChI is InChI=1S/C21H26N2O5S/c1-13-17(18(24)23-21(20(25)28-4)10-6-5-7-11-21)29-19(22-13)14-8-9-15(26-2)16(12-14)27-3/h8-9,12H,5-7,10-11H2,1-4H3,(H,23,24). The van der Waals surface area contributed by atoms with Crippen LogP contribution in [0.15, 0.2) is 18.2 Å². The molecule has 1 saturated carbocycles. The van der Waals surface area contributed by atoms with E-state index in [0.717, 1.165) is 24.8 Å². The second-order valence-corrected chi connectivity index (χ2v) is 8.09. The van der Waals surface area contributed by atoms with Crippen LogP contribution in [0.4, 0.5) is 0 Å². The van der Waals surface area contributed by atoms with E-state index in [9.17, 15) is 9.59 Å². The lowest BCUT2D eigenvalue weighted by Gasteiger charge is -2.35. The third kappa shape index (κ3) is 4.22. The van der Waals surface area contributed by atoms with Crippen LogP contribution in [-0.4, -0.2) is 43.7 Å². The Morgan fingerprint density at radius 3 is 2.38 bits per heavy atom. The minimum atomic E-state index is -0.954. The smallest absolute Gasteiger partial charge is 0.331 e. The number of hydrogen-bond donors (Lipinski definition) is 1. The monoisotopic (exact) mass is 418 g/mol. The zero-order chi connectivity index (χ0) is 21.0. The van der Waals surface area contributed by atoms with Crippen molar-refractivity contribution < 1.29 is 23.8 Å². The molecule has 3 rings (SSSR count). The number of rotatable bonds is 6. The van der Waals surface area contributed by atoms with Crippen LogP contribution in [0, 0.1) is 6.92 Å². The Morgan fingerprint density at radius 2 is 1.76 bits per heavy atom. The van der Waals surface area contributed by atoms with Crippen LogP contribution in [0.3, 0.4) is 0 Å². The van der Waals surface area contributed by atoms with Gasteiger partial charge in [-0.1, -0.05) is 19.3 Å². The molecule has 1 aliphatic carbocycles. The first-order chi connectivity index (χ1) is 13.9. The van der Waals surface area contributed by atoms with Gasteiger partial charge >= 0.3 is 5.97 Å². The number of nitrogens with one attached hydrogen (secondary N) is 1. The molecule has 0 saturated heterocycles. The van der Waals surface area contributed by atoms with Crippen molar-refractivity contribution in [1.82, 2.24) is 10.3 Å². The average Bonchev–Trinajstić information content (AvgIpc) is 3.15. The Bertz CT molecular complexity index is 902. The average molecular weight is 419 g/mol. The first kappa shape index (κ1) is 21.1. The number of carbonyl (C=O) groups is 2. The van der Waals surface area contributed by atoms with E-state index in [1.807, 2.05) is 12.1 Å². The molecule has 1 N–H and O–H groups in total. The maximum absolute atomic E-state index is 13.0. The van der Waals surface area contributed by atoms with E-state index in [2.05, 4.69) is 10.3 Å². The van der Waals surface area contributed by atoms with Crippen molar-refractivity contribution in [3.05, 3.63) is 28.8 Å². The normalized spacial score (nSPS) is 15.4. The van der Waals surface area contributed by atoms with E-state index in [1.165, 1.54) is 18.4 Å². The lowest BCUT2D eigenvalue weighted by Crippen LogP contribution is -2.56. The third-order valence-electron chi connectivity index (χ3n) is 5.27. The van der Waals surface area contributed by atoms with Crippen LogP contribution in [0.5, 0.6) is 11.5 Å². The highest BCUT2D eigenvalue weighted by molar-refractivity contribution is 7.17. The SMILES string of the molecule is COC(=O)C1(NC(=O)c2sc(-c3ccc(OC)c(OC)c3)nc2C)CCCCC1. The van der Waals surface area contributed by atoms with Crippen molar-refractivity contribution in [2.45, 2.75) is 44.6 Å². The van der Waals surface area contributed by atoms with Gasteiger partial charge in [0.2, 0.25) is 0 Å². The molecule has 1 aromatic heterocycles. The molecule has 1 heterocycles. The molecule has 29 heavy (non-hydrogen) atoms. The molecular weight excluding hydrogens is 392 g/mol. The van der Waals surface area contributed by atoms with Crippen molar-refractivity contribution >= 4 is 23.2 Å². The summed E-state index contributed by atoms with van der Waals surface area (Å²) in [6.45, 7) is 1.79. The maximum Gasteiger partial charge on any atom is 0.331 e. The Balaban J connectivity index is 1.88. The summed E-state index contributed by atoms with van der Waals surface area (Å²) >= 11 is 1.29. The molecule has 7 nitrogen and oxygen atoms in total. The van der Waals surface area contributed by atoms with Gasteiger partial charge in [0.25, 0.3) is 5.91 Å². The van der Waals surface area contributed by atoms with Gasteiger partial charge in [-0.05, 0) is 38.0 Å².